The molecule has 0 bridgehead atoms. The number of aromatic amines is 1. The molecule has 23 heavy (non-hydrogen) atoms. The highest BCUT2D eigenvalue weighted by molar-refractivity contribution is 7.12. The van der Waals surface area contributed by atoms with Crippen LogP contribution in [0, 0.1) is 0 Å². The average molecular weight is 342 g/mol. The summed E-state index contributed by atoms with van der Waals surface area (Å²) in [4.78, 5) is 19.4. The highest BCUT2D eigenvalue weighted by atomic mass is 32.1. The Kier molecular flexibility index (Phi) is 4.25. The van der Waals surface area contributed by atoms with Gasteiger partial charge in [0.1, 0.15) is 19.3 Å². The minimum absolute atomic E-state index is 0.0102. The van der Waals surface area contributed by atoms with Gasteiger partial charge in [0.25, 0.3) is 11.7 Å². The van der Waals surface area contributed by atoms with Gasteiger partial charge < -0.3 is 4.90 Å². The third-order valence-corrected chi connectivity index (χ3v) is 4.62. The molecule has 3 heterocycles. The highest BCUT2D eigenvalue weighted by Gasteiger charge is 2.33. The number of carbonyl (C=O) groups excluding carboxylic acids is 1. The molecular weight excluding hydrogens is 327 g/mol. The van der Waals surface area contributed by atoms with Gasteiger partial charge in [-0.15, -0.1) is 11.3 Å². The Morgan fingerprint density at radius 2 is 1.87 bits per heavy atom. The summed E-state index contributed by atoms with van der Waals surface area (Å²) in [6, 6.07) is 6.13. The number of thiophene rings is 1. The van der Waals surface area contributed by atoms with E-state index in [-0.39, 0.29) is 5.91 Å². The second kappa shape index (κ2) is 6.19. The maximum atomic E-state index is 12.6. The van der Waals surface area contributed by atoms with Crippen LogP contribution >= 0.6 is 11.3 Å². The monoisotopic (exact) mass is 342 g/mol. The second-order valence-electron chi connectivity index (χ2n) is 5.22. The molecule has 4 nitrogen and oxygen atoms in total. The fourth-order valence-electron chi connectivity index (χ4n) is 2.50. The van der Waals surface area contributed by atoms with Gasteiger partial charge in [-0.3, -0.25) is 9.69 Å². The standard InChI is InChI=1S/C15H14F3N3OS/c16-15(17,18)11-3-4-13(19-10-11)20-5-7-21(8-6-20)14(22)12-2-1-9-23-12/h1-4,9-10H,5-8H2/p+1. The lowest BCUT2D eigenvalue weighted by Gasteiger charge is -2.30. The van der Waals surface area contributed by atoms with E-state index in [1.165, 1.54) is 17.4 Å². The zero-order chi connectivity index (χ0) is 16.4. The number of piperazine rings is 1. The fourth-order valence-corrected chi connectivity index (χ4v) is 3.19. The van der Waals surface area contributed by atoms with Crippen molar-refractivity contribution >= 4 is 23.1 Å². The molecule has 0 saturated carbocycles. The van der Waals surface area contributed by atoms with Crippen LogP contribution in [-0.2, 0) is 6.18 Å². The van der Waals surface area contributed by atoms with Gasteiger partial charge in [0.2, 0.25) is 0 Å². The first-order valence-corrected chi connectivity index (χ1v) is 8.00. The number of aromatic nitrogens is 1. The molecule has 0 aromatic carbocycles. The Hall–Kier alpha value is -2.09. The number of alkyl halides is 3. The Bertz CT molecular complexity index is 662. The Morgan fingerprint density at radius 3 is 2.39 bits per heavy atom. The van der Waals surface area contributed by atoms with Crippen LogP contribution in [0.5, 0.6) is 0 Å². The SMILES string of the molecule is O=C(c1cccs1)N1CCN(c2ccc(C(F)(F)F)c[nH+]2)CC1. The molecule has 8 heteroatoms. The van der Waals surface area contributed by atoms with Gasteiger partial charge in [-0.2, -0.15) is 13.2 Å². The number of anilines is 1. The molecule has 0 radical (unpaired) electrons. The Labute approximate surface area is 135 Å². The summed E-state index contributed by atoms with van der Waals surface area (Å²) in [5.41, 5.74) is -0.701. The van der Waals surface area contributed by atoms with Crippen LogP contribution in [0.15, 0.2) is 35.8 Å². The summed E-state index contributed by atoms with van der Waals surface area (Å²) in [5, 5.41) is 1.86. The van der Waals surface area contributed by atoms with Gasteiger partial charge in [-0.1, -0.05) is 6.07 Å². The van der Waals surface area contributed by atoms with E-state index in [9.17, 15) is 18.0 Å². The number of H-pyrrole nitrogens is 1. The molecule has 2 aromatic rings. The second-order valence-corrected chi connectivity index (χ2v) is 6.16. The van der Waals surface area contributed by atoms with Crippen molar-refractivity contribution in [2.24, 2.45) is 0 Å². The Morgan fingerprint density at radius 1 is 1.13 bits per heavy atom. The largest absolute Gasteiger partial charge is 0.419 e. The summed E-state index contributed by atoms with van der Waals surface area (Å²) < 4.78 is 37.7. The van der Waals surface area contributed by atoms with Crippen LogP contribution in [0.2, 0.25) is 0 Å². The van der Waals surface area contributed by atoms with Crippen molar-refractivity contribution in [1.29, 1.82) is 0 Å². The van der Waals surface area contributed by atoms with E-state index in [0.717, 1.165) is 12.3 Å². The first kappa shape index (κ1) is 15.8. The summed E-state index contributed by atoms with van der Waals surface area (Å²) >= 11 is 1.41. The van der Waals surface area contributed by atoms with Crippen LogP contribution in [0.4, 0.5) is 19.0 Å². The van der Waals surface area contributed by atoms with E-state index in [1.807, 2.05) is 16.3 Å². The number of amides is 1. The van der Waals surface area contributed by atoms with Crippen LogP contribution in [0.3, 0.4) is 0 Å². The number of hydrogen-bond acceptors (Lipinski definition) is 3. The maximum Gasteiger partial charge on any atom is 0.419 e. The predicted molar refractivity (Wildman–Crippen MR) is 80.4 cm³/mol. The number of carbonyl (C=O) groups is 1. The molecule has 1 fully saturated rings. The summed E-state index contributed by atoms with van der Waals surface area (Å²) in [5.74, 6) is 0.636. The molecule has 1 aliphatic heterocycles. The zero-order valence-electron chi connectivity index (χ0n) is 12.1. The number of pyridine rings is 1. The van der Waals surface area contributed by atoms with Crippen LogP contribution in [0.1, 0.15) is 15.2 Å². The normalized spacial score (nSPS) is 15.8. The minimum atomic E-state index is -4.35. The lowest BCUT2D eigenvalue weighted by molar-refractivity contribution is -0.367. The minimum Gasteiger partial charge on any atom is -0.330 e. The van der Waals surface area contributed by atoms with Crippen molar-refractivity contribution < 1.29 is 22.9 Å². The lowest BCUT2D eigenvalue weighted by Crippen LogP contribution is -2.49. The Balaban J connectivity index is 1.62. The van der Waals surface area contributed by atoms with E-state index in [4.69, 9.17) is 0 Å². The third-order valence-electron chi connectivity index (χ3n) is 3.76. The molecule has 0 aliphatic carbocycles. The van der Waals surface area contributed by atoms with Crippen molar-refractivity contribution in [2.75, 3.05) is 31.1 Å². The molecule has 2 aromatic heterocycles. The van der Waals surface area contributed by atoms with E-state index in [2.05, 4.69) is 4.98 Å². The zero-order valence-corrected chi connectivity index (χ0v) is 13.0. The quantitative estimate of drug-likeness (QED) is 0.841. The van der Waals surface area contributed by atoms with Gasteiger partial charge in [-0.05, 0) is 17.5 Å². The molecule has 1 saturated heterocycles. The summed E-state index contributed by atoms with van der Waals surface area (Å²) in [7, 11) is 0. The summed E-state index contributed by atoms with van der Waals surface area (Å²) in [6.07, 6.45) is -3.38. The third kappa shape index (κ3) is 3.47. The van der Waals surface area contributed by atoms with Crippen molar-refractivity contribution in [3.8, 4) is 0 Å². The molecule has 0 unspecified atom stereocenters. The molecule has 1 amide bonds. The predicted octanol–water partition coefficient (Wildman–Crippen LogP) is 2.54. The number of halogens is 3. The van der Waals surface area contributed by atoms with Crippen molar-refractivity contribution in [3.63, 3.8) is 0 Å². The first-order chi connectivity index (χ1) is 10.9. The highest BCUT2D eigenvalue weighted by Crippen LogP contribution is 2.28. The van der Waals surface area contributed by atoms with Crippen molar-refractivity contribution in [1.82, 2.24) is 4.90 Å². The van der Waals surface area contributed by atoms with Gasteiger partial charge >= 0.3 is 6.18 Å². The molecule has 1 aliphatic rings. The van der Waals surface area contributed by atoms with Crippen LogP contribution < -0.4 is 9.88 Å². The lowest BCUT2D eigenvalue weighted by atomic mass is 10.2. The van der Waals surface area contributed by atoms with E-state index >= 15 is 0 Å². The topological polar surface area (TPSA) is 37.7 Å². The fraction of sp³-hybridized carbons (Fsp3) is 0.333. The van der Waals surface area contributed by atoms with Crippen molar-refractivity contribution in [3.05, 3.63) is 46.3 Å². The maximum absolute atomic E-state index is 12.6. The van der Waals surface area contributed by atoms with Gasteiger partial charge in [0.05, 0.1) is 23.5 Å². The van der Waals surface area contributed by atoms with Crippen LogP contribution in [0.25, 0.3) is 0 Å². The van der Waals surface area contributed by atoms with E-state index in [1.54, 1.807) is 11.0 Å². The molecule has 1 N–H and O–H groups in total. The molecule has 122 valence electrons. The number of rotatable bonds is 2. The molecular formula is C15H15F3N3OS+. The first-order valence-electron chi connectivity index (χ1n) is 7.12. The average Bonchev–Trinajstić information content (AvgIpc) is 3.08. The van der Waals surface area contributed by atoms with Crippen molar-refractivity contribution in [2.45, 2.75) is 6.18 Å². The number of hydrogen-bond donors (Lipinski definition) is 0. The molecule has 0 atom stereocenters. The molecule has 3 rings (SSSR count). The van der Waals surface area contributed by atoms with Crippen LogP contribution in [-0.4, -0.2) is 37.0 Å². The van der Waals surface area contributed by atoms with Gasteiger partial charge in [0.15, 0.2) is 0 Å². The summed E-state index contributed by atoms with van der Waals surface area (Å²) in [6.45, 7) is 2.26. The molecule has 0 spiro atoms. The number of nitrogens with one attached hydrogen (secondary N) is 1. The van der Waals surface area contributed by atoms with E-state index < -0.39 is 11.7 Å². The number of nitrogens with zero attached hydrogens (tertiary/aromatic N) is 2. The van der Waals surface area contributed by atoms with Gasteiger partial charge in [-0.25, -0.2) is 4.98 Å². The smallest absolute Gasteiger partial charge is 0.330 e. The van der Waals surface area contributed by atoms with E-state index in [0.29, 0.717) is 36.9 Å². The van der Waals surface area contributed by atoms with Gasteiger partial charge in [0, 0.05) is 6.07 Å².